The smallest absolute Gasteiger partial charge is 0.272 e. The molecule has 0 aliphatic heterocycles. The third-order valence-electron chi connectivity index (χ3n) is 4.85. The number of benzene rings is 2. The van der Waals surface area contributed by atoms with Crippen molar-refractivity contribution in [3.8, 4) is 16.9 Å². The van der Waals surface area contributed by atoms with Crippen LogP contribution >= 0.6 is 23.2 Å². The number of hydrogen-bond acceptors (Lipinski definition) is 4. The van der Waals surface area contributed by atoms with Gasteiger partial charge in [0.15, 0.2) is 5.69 Å². The number of rotatable bonds is 7. The van der Waals surface area contributed by atoms with Gasteiger partial charge in [0.05, 0.1) is 23.2 Å². The maximum atomic E-state index is 12.9. The van der Waals surface area contributed by atoms with Gasteiger partial charge in [0, 0.05) is 19.0 Å². The molecule has 3 rings (SSSR count). The van der Waals surface area contributed by atoms with Gasteiger partial charge in [0.25, 0.3) is 5.91 Å². The highest BCUT2D eigenvalue weighted by Crippen LogP contribution is 2.32. The number of nitrogens with zero attached hydrogens (tertiary/aromatic N) is 2. The minimum Gasteiger partial charge on any atom is -0.495 e. The molecule has 0 spiro atoms. The van der Waals surface area contributed by atoms with Crippen LogP contribution in [0.5, 0.6) is 5.75 Å². The zero-order valence-electron chi connectivity index (χ0n) is 17.8. The van der Waals surface area contributed by atoms with Crippen molar-refractivity contribution in [1.82, 2.24) is 20.4 Å². The molecule has 9 heteroatoms. The van der Waals surface area contributed by atoms with Crippen LogP contribution in [0.1, 0.15) is 24.3 Å². The van der Waals surface area contributed by atoms with Gasteiger partial charge in [-0.1, -0.05) is 23.7 Å². The molecule has 0 fully saturated rings. The summed E-state index contributed by atoms with van der Waals surface area (Å²) in [6.45, 7) is 3.88. The fourth-order valence-electron chi connectivity index (χ4n) is 3.23. The van der Waals surface area contributed by atoms with Crippen molar-refractivity contribution < 1.29 is 14.3 Å². The van der Waals surface area contributed by atoms with Crippen LogP contribution in [0.25, 0.3) is 22.0 Å². The van der Waals surface area contributed by atoms with Crippen LogP contribution in [-0.4, -0.2) is 46.7 Å². The Morgan fingerprint density at radius 1 is 1.16 bits per heavy atom. The molecule has 0 aliphatic rings. The van der Waals surface area contributed by atoms with E-state index in [1.54, 1.807) is 18.8 Å². The van der Waals surface area contributed by atoms with Crippen molar-refractivity contribution in [2.24, 2.45) is 7.05 Å². The molecular formula is C22H24Cl2N4O3. The minimum atomic E-state index is -0.678. The Morgan fingerprint density at radius 3 is 2.48 bits per heavy atom. The molecule has 164 valence electrons. The first-order valence-electron chi connectivity index (χ1n) is 9.61. The zero-order chi connectivity index (χ0) is 22.8. The number of alkyl halides is 1. The molecule has 0 aliphatic carbocycles. The van der Waals surface area contributed by atoms with Gasteiger partial charge in [-0.2, -0.15) is 5.10 Å². The molecule has 0 radical (unpaired) electrons. The predicted molar refractivity (Wildman–Crippen MR) is 123 cm³/mol. The SMILES string of the molecule is COc1ccc(-c2ccc3c(C(=O)NC(C)(C)CNC(=O)CCl)nn(C)c3c2)cc1Cl. The third kappa shape index (κ3) is 5.11. The average molecular weight is 463 g/mol. The van der Waals surface area contributed by atoms with E-state index in [-0.39, 0.29) is 24.2 Å². The standard InChI is InChI=1S/C22H24Cl2N4O3/c1-22(2,12-25-19(29)11-23)26-21(30)20-15-7-5-14(10-17(15)28(3)27-20)13-6-8-18(31-4)16(24)9-13/h5-10H,11-12H2,1-4H3,(H,25,29)(H,26,30). The summed E-state index contributed by atoms with van der Waals surface area (Å²) < 4.78 is 6.88. The topological polar surface area (TPSA) is 85.2 Å². The van der Waals surface area contributed by atoms with E-state index >= 15 is 0 Å². The van der Waals surface area contributed by atoms with Gasteiger partial charge < -0.3 is 15.4 Å². The van der Waals surface area contributed by atoms with E-state index in [1.807, 2.05) is 50.2 Å². The molecule has 0 bridgehead atoms. The molecule has 2 N–H and O–H groups in total. The van der Waals surface area contributed by atoms with Crippen LogP contribution in [0.15, 0.2) is 36.4 Å². The average Bonchev–Trinajstić information content (AvgIpc) is 3.08. The van der Waals surface area contributed by atoms with Crippen molar-refractivity contribution in [1.29, 1.82) is 0 Å². The fraction of sp³-hybridized carbons (Fsp3) is 0.318. The van der Waals surface area contributed by atoms with Gasteiger partial charge in [-0.3, -0.25) is 14.3 Å². The summed E-state index contributed by atoms with van der Waals surface area (Å²) in [5.74, 6) is -0.137. The van der Waals surface area contributed by atoms with Gasteiger partial charge in [0.2, 0.25) is 5.91 Å². The lowest BCUT2D eigenvalue weighted by Crippen LogP contribution is -2.51. The first-order valence-corrected chi connectivity index (χ1v) is 10.5. The Kier molecular flexibility index (Phi) is 6.77. The first kappa shape index (κ1) is 22.9. The lowest BCUT2D eigenvalue weighted by molar-refractivity contribution is -0.118. The maximum Gasteiger partial charge on any atom is 0.272 e. The summed E-state index contributed by atoms with van der Waals surface area (Å²) in [6, 6.07) is 11.3. The number of hydrogen-bond donors (Lipinski definition) is 2. The number of carbonyl (C=O) groups excluding carboxylic acids is 2. The number of carbonyl (C=O) groups is 2. The number of nitrogens with one attached hydrogen (secondary N) is 2. The van der Waals surface area contributed by atoms with E-state index in [4.69, 9.17) is 27.9 Å². The molecule has 0 atom stereocenters. The fourth-order valence-corrected chi connectivity index (χ4v) is 3.58. The largest absolute Gasteiger partial charge is 0.495 e. The number of halogens is 2. The molecule has 2 aromatic carbocycles. The molecule has 0 unspecified atom stereocenters. The van der Waals surface area contributed by atoms with Crippen molar-refractivity contribution in [3.63, 3.8) is 0 Å². The van der Waals surface area contributed by atoms with E-state index in [9.17, 15) is 9.59 Å². The van der Waals surface area contributed by atoms with Gasteiger partial charge in [-0.05, 0) is 49.2 Å². The van der Waals surface area contributed by atoms with E-state index in [1.165, 1.54) is 0 Å². The third-order valence-corrected chi connectivity index (χ3v) is 5.39. The van der Waals surface area contributed by atoms with E-state index < -0.39 is 5.54 Å². The molecule has 0 saturated carbocycles. The Morgan fingerprint density at radius 2 is 1.84 bits per heavy atom. The van der Waals surface area contributed by atoms with E-state index in [0.717, 1.165) is 22.0 Å². The second-order valence-corrected chi connectivity index (χ2v) is 8.48. The number of fused-ring (bicyclic) bond motifs is 1. The van der Waals surface area contributed by atoms with Crippen molar-refractivity contribution in [3.05, 3.63) is 47.1 Å². The lowest BCUT2D eigenvalue weighted by atomic mass is 10.0. The first-order chi connectivity index (χ1) is 14.6. The van der Waals surface area contributed by atoms with Crippen LogP contribution in [0, 0.1) is 0 Å². The number of ether oxygens (including phenoxy) is 1. The van der Waals surface area contributed by atoms with Crippen LogP contribution in [-0.2, 0) is 11.8 Å². The minimum absolute atomic E-state index is 0.128. The Hall–Kier alpha value is -2.77. The molecule has 7 nitrogen and oxygen atoms in total. The summed E-state index contributed by atoms with van der Waals surface area (Å²) in [5, 5.41) is 11.3. The van der Waals surface area contributed by atoms with Gasteiger partial charge in [-0.15, -0.1) is 11.6 Å². The quantitative estimate of drug-likeness (QED) is 0.523. The molecule has 3 aromatic rings. The Balaban J connectivity index is 1.87. The summed E-state index contributed by atoms with van der Waals surface area (Å²) >= 11 is 11.8. The van der Waals surface area contributed by atoms with E-state index in [0.29, 0.717) is 16.5 Å². The van der Waals surface area contributed by atoms with Crippen LogP contribution in [0.2, 0.25) is 5.02 Å². The molecule has 1 heterocycles. The normalized spacial score (nSPS) is 11.4. The summed E-state index contributed by atoms with van der Waals surface area (Å²) in [5.41, 5.74) is 2.31. The van der Waals surface area contributed by atoms with Crippen LogP contribution in [0.3, 0.4) is 0 Å². The second-order valence-electron chi connectivity index (χ2n) is 7.80. The highest BCUT2D eigenvalue weighted by Gasteiger charge is 2.25. The lowest BCUT2D eigenvalue weighted by Gasteiger charge is -2.26. The van der Waals surface area contributed by atoms with Crippen molar-refractivity contribution in [2.45, 2.75) is 19.4 Å². The highest BCUT2D eigenvalue weighted by molar-refractivity contribution is 6.32. The van der Waals surface area contributed by atoms with Crippen molar-refractivity contribution in [2.75, 3.05) is 19.5 Å². The molecule has 0 saturated heterocycles. The number of aryl methyl sites for hydroxylation is 1. The monoisotopic (exact) mass is 462 g/mol. The highest BCUT2D eigenvalue weighted by atomic mass is 35.5. The van der Waals surface area contributed by atoms with Crippen LogP contribution < -0.4 is 15.4 Å². The molecule has 2 amide bonds. The van der Waals surface area contributed by atoms with Gasteiger partial charge in [-0.25, -0.2) is 0 Å². The summed E-state index contributed by atoms with van der Waals surface area (Å²) in [4.78, 5) is 24.3. The second kappa shape index (κ2) is 9.16. The molecule has 1 aromatic heterocycles. The number of methoxy groups -OCH3 is 1. The molecular weight excluding hydrogens is 439 g/mol. The predicted octanol–water partition coefficient (Wildman–Crippen LogP) is 3.77. The van der Waals surface area contributed by atoms with Gasteiger partial charge in [0.1, 0.15) is 11.6 Å². The van der Waals surface area contributed by atoms with Crippen LogP contribution in [0.4, 0.5) is 0 Å². The van der Waals surface area contributed by atoms with Gasteiger partial charge >= 0.3 is 0 Å². The Bertz CT molecular complexity index is 1140. The molecule has 31 heavy (non-hydrogen) atoms. The van der Waals surface area contributed by atoms with Crippen molar-refractivity contribution >= 4 is 45.9 Å². The Labute approximate surface area is 190 Å². The summed E-state index contributed by atoms with van der Waals surface area (Å²) in [6.07, 6.45) is 0. The number of amides is 2. The van der Waals surface area contributed by atoms with E-state index in [2.05, 4.69) is 15.7 Å². The zero-order valence-corrected chi connectivity index (χ0v) is 19.3. The number of aromatic nitrogens is 2. The maximum absolute atomic E-state index is 12.9. The summed E-state index contributed by atoms with van der Waals surface area (Å²) in [7, 11) is 3.36.